The van der Waals surface area contributed by atoms with E-state index in [1.54, 1.807) is 30.3 Å². The first-order valence-corrected chi connectivity index (χ1v) is 8.28. The number of benzene rings is 1. The summed E-state index contributed by atoms with van der Waals surface area (Å²) in [5.41, 5.74) is 0. The van der Waals surface area contributed by atoms with Crippen LogP contribution in [-0.4, -0.2) is 36.5 Å². The van der Waals surface area contributed by atoms with Gasteiger partial charge >= 0.3 is 0 Å². The van der Waals surface area contributed by atoms with Crippen LogP contribution in [0.2, 0.25) is 0 Å². The zero-order chi connectivity index (χ0) is 13.5. The molecular weight excluding hydrogens is 262 g/mol. The molecule has 1 saturated heterocycles. The van der Waals surface area contributed by atoms with E-state index in [1.807, 2.05) is 0 Å². The Bertz CT molecular complexity index is 543. The van der Waals surface area contributed by atoms with Crippen LogP contribution in [0.1, 0.15) is 25.7 Å². The van der Waals surface area contributed by atoms with Crippen molar-refractivity contribution in [3.8, 4) is 0 Å². The van der Waals surface area contributed by atoms with Crippen LogP contribution >= 0.6 is 0 Å². The molecule has 1 aromatic rings. The van der Waals surface area contributed by atoms with Crippen molar-refractivity contribution in [3.63, 3.8) is 0 Å². The first kappa shape index (κ1) is 13.1. The van der Waals surface area contributed by atoms with Gasteiger partial charge in [-0.2, -0.15) is 4.31 Å². The smallest absolute Gasteiger partial charge is 0.243 e. The van der Waals surface area contributed by atoms with Gasteiger partial charge in [-0.3, -0.25) is 0 Å². The summed E-state index contributed by atoms with van der Waals surface area (Å²) in [5.74, 6) is 0.579. The van der Waals surface area contributed by atoms with Gasteiger partial charge in [-0.15, -0.1) is 0 Å². The van der Waals surface area contributed by atoms with Crippen LogP contribution in [0, 0.1) is 5.92 Å². The first-order chi connectivity index (χ1) is 9.09. The Balaban J connectivity index is 1.93. The first-order valence-electron chi connectivity index (χ1n) is 6.84. The minimum absolute atomic E-state index is 0.238. The highest BCUT2D eigenvalue weighted by molar-refractivity contribution is 7.89. The number of piperidine rings is 1. The molecule has 1 N–H and O–H groups in total. The molecule has 2 bridgehead atoms. The molecule has 2 fully saturated rings. The molecule has 2 aliphatic rings. The van der Waals surface area contributed by atoms with E-state index >= 15 is 0 Å². The fraction of sp³-hybridized carbons (Fsp3) is 0.571. The van der Waals surface area contributed by atoms with Gasteiger partial charge in [-0.05, 0) is 43.7 Å². The molecule has 1 aromatic carbocycles. The highest BCUT2D eigenvalue weighted by Crippen LogP contribution is 2.37. The molecule has 0 unspecified atom stereocenters. The van der Waals surface area contributed by atoms with Crippen LogP contribution in [0.4, 0.5) is 0 Å². The number of rotatable bonds is 2. The molecule has 0 aromatic heterocycles. The molecule has 3 atom stereocenters. The Labute approximate surface area is 114 Å². The van der Waals surface area contributed by atoms with Crippen molar-refractivity contribution in [3.05, 3.63) is 30.3 Å². The van der Waals surface area contributed by atoms with E-state index in [-0.39, 0.29) is 6.04 Å². The zero-order valence-corrected chi connectivity index (χ0v) is 11.6. The van der Waals surface area contributed by atoms with Crippen molar-refractivity contribution >= 4 is 10.0 Å². The van der Waals surface area contributed by atoms with E-state index in [0.29, 0.717) is 17.4 Å². The summed E-state index contributed by atoms with van der Waals surface area (Å²) >= 11 is 0. The maximum atomic E-state index is 12.6. The van der Waals surface area contributed by atoms with Crippen molar-refractivity contribution in [1.29, 1.82) is 0 Å². The minimum Gasteiger partial charge on any atom is -0.391 e. The van der Waals surface area contributed by atoms with Gasteiger partial charge in [0.1, 0.15) is 0 Å². The molecule has 19 heavy (non-hydrogen) atoms. The van der Waals surface area contributed by atoms with Gasteiger partial charge in [0.2, 0.25) is 10.0 Å². The van der Waals surface area contributed by atoms with E-state index in [1.165, 1.54) is 4.31 Å². The van der Waals surface area contributed by atoms with Gasteiger partial charge in [0.25, 0.3) is 0 Å². The molecule has 0 spiro atoms. The molecule has 5 heteroatoms. The van der Waals surface area contributed by atoms with Crippen LogP contribution in [0.3, 0.4) is 0 Å². The third-order valence-electron chi connectivity index (χ3n) is 4.37. The zero-order valence-electron chi connectivity index (χ0n) is 10.8. The molecule has 1 heterocycles. The summed E-state index contributed by atoms with van der Waals surface area (Å²) in [6, 6.07) is 8.28. The summed E-state index contributed by atoms with van der Waals surface area (Å²) in [5, 5.41) is 10.1. The Hall–Kier alpha value is -0.910. The number of aliphatic hydroxyl groups is 1. The second-order valence-electron chi connectivity index (χ2n) is 5.53. The van der Waals surface area contributed by atoms with Crippen LogP contribution < -0.4 is 0 Å². The summed E-state index contributed by atoms with van der Waals surface area (Å²) in [7, 11) is -3.47. The van der Waals surface area contributed by atoms with Crippen molar-refractivity contribution in [1.82, 2.24) is 4.31 Å². The molecule has 1 aliphatic heterocycles. The minimum atomic E-state index is -3.47. The Kier molecular flexibility index (Phi) is 3.37. The summed E-state index contributed by atoms with van der Waals surface area (Å²) in [4.78, 5) is 0.325. The summed E-state index contributed by atoms with van der Waals surface area (Å²) in [6.07, 6.45) is 2.94. The number of hydrogen-bond donors (Lipinski definition) is 1. The molecule has 3 rings (SSSR count). The Morgan fingerprint density at radius 3 is 2.58 bits per heavy atom. The molecule has 104 valence electrons. The quantitative estimate of drug-likeness (QED) is 0.896. The predicted molar refractivity (Wildman–Crippen MR) is 72.1 cm³/mol. The Morgan fingerprint density at radius 2 is 1.84 bits per heavy atom. The van der Waals surface area contributed by atoms with Crippen molar-refractivity contribution in [2.75, 3.05) is 6.54 Å². The monoisotopic (exact) mass is 281 g/mol. The maximum absolute atomic E-state index is 12.6. The molecule has 0 radical (unpaired) electrons. The lowest BCUT2D eigenvalue weighted by molar-refractivity contribution is 0.00981. The standard InChI is InChI=1S/C14H19NO3S/c16-14-7-6-11-8-9-15(13(14)10-11)19(17,18)12-4-2-1-3-5-12/h1-5,11,13-14,16H,6-10H2/t11-,13-,14+/m1/s1. The van der Waals surface area contributed by atoms with E-state index in [0.717, 1.165) is 25.7 Å². The van der Waals surface area contributed by atoms with Crippen LogP contribution in [0.15, 0.2) is 35.2 Å². The van der Waals surface area contributed by atoms with Crippen LogP contribution in [0.25, 0.3) is 0 Å². The van der Waals surface area contributed by atoms with Crippen LogP contribution in [-0.2, 0) is 10.0 Å². The SMILES string of the molecule is O=S(=O)(c1ccccc1)N1CC[C@H]2CC[C@H](O)[C@H]1C2. The van der Waals surface area contributed by atoms with Crippen LogP contribution in [0.5, 0.6) is 0 Å². The van der Waals surface area contributed by atoms with Gasteiger partial charge in [-0.1, -0.05) is 18.2 Å². The number of nitrogens with zero attached hydrogens (tertiary/aromatic N) is 1. The second kappa shape index (κ2) is 4.89. The van der Waals surface area contributed by atoms with Crippen molar-refractivity contribution < 1.29 is 13.5 Å². The average molecular weight is 281 g/mol. The van der Waals surface area contributed by atoms with Gasteiger partial charge < -0.3 is 5.11 Å². The molecular formula is C14H19NO3S. The number of sulfonamides is 1. The maximum Gasteiger partial charge on any atom is 0.243 e. The fourth-order valence-electron chi connectivity index (χ4n) is 3.29. The average Bonchev–Trinajstić information content (AvgIpc) is 2.44. The van der Waals surface area contributed by atoms with Crippen molar-refractivity contribution in [2.45, 2.75) is 42.7 Å². The summed E-state index contributed by atoms with van der Waals surface area (Å²) in [6.45, 7) is 0.531. The van der Waals surface area contributed by atoms with E-state index in [2.05, 4.69) is 0 Å². The third-order valence-corrected chi connectivity index (χ3v) is 6.31. The largest absolute Gasteiger partial charge is 0.391 e. The fourth-order valence-corrected chi connectivity index (χ4v) is 4.99. The highest BCUT2D eigenvalue weighted by atomic mass is 32.2. The molecule has 0 amide bonds. The molecule has 1 aliphatic carbocycles. The Morgan fingerprint density at radius 1 is 1.11 bits per heavy atom. The summed E-state index contributed by atoms with van der Waals surface area (Å²) < 4.78 is 26.8. The van der Waals surface area contributed by atoms with E-state index in [9.17, 15) is 13.5 Å². The lowest BCUT2D eigenvalue weighted by atomic mass is 9.79. The second-order valence-corrected chi connectivity index (χ2v) is 7.42. The highest BCUT2D eigenvalue weighted by Gasteiger charge is 2.42. The van der Waals surface area contributed by atoms with Gasteiger partial charge in [-0.25, -0.2) is 8.42 Å². The lowest BCUT2D eigenvalue weighted by Crippen LogP contribution is -2.53. The van der Waals surface area contributed by atoms with Gasteiger partial charge in [0, 0.05) is 6.54 Å². The normalized spacial score (nSPS) is 32.2. The number of hydrogen-bond acceptors (Lipinski definition) is 3. The molecule has 4 nitrogen and oxygen atoms in total. The predicted octanol–water partition coefficient (Wildman–Crippen LogP) is 1.61. The lowest BCUT2D eigenvalue weighted by Gasteiger charge is -2.44. The third kappa shape index (κ3) is 2.30. The van der Waals surface area contributed by atoms with E-state index in [4.69, 9.17) is 0 Å². The number of aliphatic hydroxyl groups excluding tert-OH is 1. The molecule has 1 saturated carbocycles. The van der Waals surface area contributed by atoms with Gasteiger partial charge in [0.15, 0.2) is 0 Å². The topological polar surface area (TPSA) is 57.6 Å². The van der Waals surface area contributed by atoms with E-state index < -0.39 is 16.1 Å². The number of fused-ring (bicyclic) bond motifs is 2. The van der Waals surface area contributed by atoms with Crippen molar-refractivity contribution in [2.24, 2.45) is 5.92 Å². The van der Waals surface area contributed by atoms with Gasteiger partial charge in [0.05, 0.1) is 17.0 Å².